The minimum Gasteiger partial charge on any atom is -0.480 e. The predicted octanol–water partition coefficient (Wildman–Crippen LogP) is -0.371. The number of hydrogen-bond donors (Lipinski definition) is 2. The smallest absolute Gasteiger partial charge is 0.326 e. The van der Waals surface area contributed by atoms with Gasteiger partial charge in [-0.3, -0.25) is 4.79 Å². The van der Waals surface area contributed by atoms with Crippen LogP contribution in [0.5, 0.6) is 0 Å². The summed E-state index contributed by atoms with van der Waals surface area (Å²) >= 11 is 0. The van der Waals surface area contributed by atoms with E-state index in [1.165, 1.54) is 7.11 Å². The summed E-state index contributed by atoms with van der Waals surface area (Å²) in [5.74, 6) is -1.50. The van der Waals surface area contributed by atoms with Crippen LogP contribution in [-0.4, -0.2) is 50.0 Å². The molecule has 0 radical (unpaired) electrons. The van der Waals surface area contributed by atoms with E-state index in [1.54, 1.807) is 6.92 Å². The summed E-state index contributed by atoms with van der Waals surface area (Å²) in [6.45, 7) is 2.34. The number of aliphatic carboxylic acids is 1. The van der Waals surface area contributed by atoms with E-state index in [1.807, 2.05) is 0 Å². The number of hydrogen-bond acceptors (Lipinski definition) is 4. The average Bonchev–Trinajstić information content (AvgIpc) is 2.20. The Hall–Kier alpha value is -1.14. The van der Waals surface area contributed by atoms with Gasteiger partial charge in [-0.2, -0.15) is 0 Å². The third-order valence-electron chi connectivity index (χ3n) is 1.68. The second-order valence-corrected chi connectivity index (χ2v) is 2.88. The molecule has 6 heteroatoms. The second-order valence-electron chi connectivity index (χ2n) is 2.88. The van der Waals surface area contributed by atoms with Crippen LogP contribution in [0.3, 0.4) is 0 Å². The highest BCUT2D eigenvalue weighted by atomic mass is 16.5. The fourth-order valence-electron chi connectivity index (χ4n) is 0.924. The maximum absolute atomic E-state index is 11.1. The van der Waals surface area contributed by atoms with Crippen LogP contribution in [0.1, 0.15) is 13.3 Å². The fraction of sp³-hybridized carbons (Fsp3) is 0.778. The lowest BCUT2D eigenvalue weighted by molar-refractivity contribution is -0.143. The zero-order chi connectivity index (χ0) is 11.7. The lowest BCUT2D eigenvalue weighted by atomic mass is 10.2. The Morgan fingerprint density at radius 1 is 1.47 bits per heavy atom. The highest BCUT2D eigenvalue weighted by Gasteiger charge is 2.19. The SMILES string of the molecule is CCOCC(=O)NC(CCOC)C(=O)O. The van der Waals surface area contributed by atoms with Crippen molar-refractivity contribution in [1.82, 2.24) is 5.32 Å². The molecular weight excluding hydrogens is 202 g/mol. The first kappa shape index (κ1) is 13.9. The van der Waals surface area contributed by atoms with Gasteiger partial charge in [0.1, 0.15) is 12.6 Å². The standard InChI is InChI=1S/C9H17NO5/c1-3-15-6-8(11)10-7(9(12)13)4-5-14-2/h7H,3-6H2,1-2H3,(H,10,11)(H,12,13). The molecule has 2 N–H and O–H groups in total. The van der Waals surface area contributed by atoms with Gasteiger partial charge in [0.2, 0.25) is 5.91 Å². The molecule has 1 atom stereocenters. The normalized spacial score (nSPS) is 12.1. The summed E-state index contributed by atoms with van der Waals surface area (Å²) in [6, 6.07) is -0.919. The molecule has 0 fully saturated rings. The molecule has 88 valence electrons. The third-order valence-corrected chi connectivity index (χ3v) is 1.68. The van der Waals surface area contributed by atoms with Crippen LogP contribution in [0, 0.1) is 0 Å². The first-order valence-corrected chi connectivity index (χ1v) is 4.70. The maximum atomic E-state index is 11.1. The largest absolute Gasteiger partial charge is 0.480 e. The molecule has 0 bridgehead atoms. The number of rotatable bonds is 8. The van der Waals surface area contributed by atoms with Gasteiger partial charge in [-0.25, -0.2) is 4.79 Å². The topological polar surface area (TPSA) is 84.9 Å². The number of carboxylic acids is 1. The van der Waals surface area contributed by atoms with Gasteiger partial charge in [0.25, 0.3) is 0 Å². The third kappa shape index (κ3) is 6.87. The average molecular weight is 219 g/mol. The fourth-order valence-corrected chi connectivity index (χ4v) is 0.924. The molecule has 0 aromatic carbocycles. The molecular formula is C9H17NO5. The number of methoxy groups -OCH3 is 1. The van der Waals surface area contributed by atoms with Gasteiger partial charge in [0, 0.05) is 26.7 Å². The van der Waals surface area contributed by atoms with Crippen molar-refractivity contribution in [2.45, 2.75) is 19.4 Å². The quantitative estimate of drug-likeness (QED) is 0.581. The van der Waals surface area contributed by atoms with Crippen LogP contribution in [-0.2, 0) is 19.1 Å². The van der Waals surface area contributed by atoms with E-state index in [-0.39, 0.29) is 19.6 Å². The minimum absolute atomic E-state index is 0.118. The first-order chi connectivity index (χ1) is 7.11. The highest BCUT2D eigenvalue weighted by molar-refractivity contribution is 5.84. The van der Waals surface area contributed by atoms with Gasteiger partial charge in [-0.05, 0) is 6.92 Å². The van der Waals surface area contributed by atoms with Crippen molar-refractivity contribution in [2.75, 3.05) is 26.9 Å². The Balaban J connectivity index is 3.93. The molecule has 0 heterocycles. The predicted molar refractivity (Wildman–Crippen MR) is 52.6 cm³/mol. The molecule has 0 aliphatic carbocycles. The summed E-state index contributed by atoms with van der Waals surface area (Å²) in [6.07, 6.45) is 0.240. The molecule has 0 saturated heterocycles. The van der Waals surface area contributed by atoms with Crippen LogP contribution in [0.2, 0.25) is 0 Å². The molecule has 1 unspecified atom stereocenters. The van der Waals surface area contributed by atoms with Crippen molar-refractivity contribution in [3.05, 3.63) is 0 Å². The van der Waals surface area contributed by atoms with E-state index in [9.17, 15) is 9.59 Å². The molecule has 0 aromatic heterocycles. The molecule has 0 spiro atoms. The van der Waals surface area contributed by atoms with Crippen molar-refractivity contribution < 1.29 is 24.2 Å². The van der Waals surface area contributed by atoms with Gasteiger partial charge in [0.15, 0.2) is 0 Å². The second kappa shape index (κ2) is 8.19. The molecule has 0 rings (SSSR count). The van der Waals surface area contributed by atoms with E-state index in [0.717, 1.165) is 0 Å². The number of amides is 1. The van der Waals surface area contributed by atoms with Gasteiger partial charge >= 0.3 is 5.97 Å². The monoisotopic (exact) mass is 219 g/mol. The minimum atomic E-state index is -1.07. The number of nitrogens with one attached hydrogen (secondary N) is 1. The summed E-state index contributed by atoms with van der Waals surface area (Å²) in [4.78, 5) is 21.8. The van der Waals surface area contributed by atoms with E-state index in [0.29, 0.717) is 6.61 Å². The van der Waals surface area contributed by atoms with Crippen molar-refractivity contribution in [3.8, 4) is 0 Å². The molecule has 6 nitrogen and oxygen atoms in total. The Morgan fingerprint density at radius 3 is 2.60 bits per heavy atom. The Labute approximate surface area is 88.6 Å². The maximum Gasteiger partial charge on any atom is 0.326 e. The van der Waals surface area contributed by atoms with Gasteiger partial charge in [-0.15, -0.1) is 0 Å². The van der Waals surface area contributed by atoms with Crippen LogP contribution < -0.4 is 5.32 Å². The van der Waals surface area contributed by atoms with Crippen LogP contribution in [0.15, 0.2) is 0 Å². The highest BCUT2D eigenvalue weighted by Crippen LogP contribution is 1.93. The van der Waals surface area contributed by atoms with Crippen LogP contribution in [0.4, 0.5) is 0 Å². The molecule has 15 heavy (non-hydrogen) atoms. The number of carbonyl (C=O) groups excluding carboxylic acids is 1. The van der Waals surface area contributed by atoms with Gasteiger partial charge in [0.05, 0.1) is 0 Å². The van der Waals surface area contributed by atoms with E-state index >= 15 is 0 Å². The van der Waals surface area contributed by atoms with Gasteiger partial charge < -0.3 is 19.9 Å². The van der Waals surface area contributed by atoms with Crippen molar-refractivity contribution in [3.63, 3.8) is 0 Å². The lowest BCUT2D eigenvalue weighted by Gasteiger charge is -2.13. The molecule has 1 amide bonds. The van der Waals surface area contributed by atoms with Crippen LogP contribution >= 0.6 is 0 Å². The van der Waals surface area contributed by atoms with E-state index in [2.05, 4.69) is 5.32 Å². The lowest BCUT2D eigenvalue weighted by Crippen LogP contribution is -2.43. The zero-order valence-corrected chi connectivity index (χ0v) is 8.99. The van der Waals surface area contributed by atoms with Crippen molar-refractivity contribution in [1.29, 1.82) is 0 Å². The Bertz CT molecular complexity index is 207. The van der Waals surface area contributed by atoms with Gasteiger partial charge in [-0.1, -0.05) is 0 Å². The van der Waals surface area contributed by atoms with E-state index in [4.69, 9.17) is 14.6 Å². The molecule has 0 saturated carbocycles. The molecule has 0 aliphatic rings. The number of ether oxygens (including phenoxy) is 2. The number of carboxylic acid groups (broad SMARTS) is 1. The van der Waals surface area contributed by atoms with Crippen molar-refractivity contribution >= 4 is 11.9 Å². The summed E-state index contributed by atoms with van der Waals surface area (Å²) in [7, 11) is 1.47. The zero-order valence-electron chi connectivity index (χ0n) is 8.99. The van der Waals surface area contributed by atoms with Crippen molar-refractivity contribution in [2.24, 2.45) is 0 Å². The van der Waals surface area contributed by atoms with Crippen LogP contribution in [0.25, 0.3) is 0 Å². The number of carbonyl (C=O) groups is 2. The summed E-state index contributed by atoms with van der Waals surface area (Å²) < 4.78 is 9.58. The first-order valence-electron chi connectivity index (χ1n) is 4.70. The summed E-state index contributed by atoms with van der Waals surface area (Å²) in [5, 5.41) is 11.1. The Kier molecular flexibility index (Phi) is 7.57. The van der Waals surface area contributed by atoms with E-state index < -0.39 is 17.9 Å². The molecule has 0 aromatic rings. The molecule has 0 aliphatic heterocycles. The summed E-state index contributed by atoms with van der Waals surface area (Å²) in [5.41, 5.74) is 0. The Morgan fingerprint density at radius 2 is 2.13 bits per heavy atom.